The quantitative estimate of drug-likeness (QED) is 0.708. The van der Waals surface area contributed by atoms with Gasteiger partial charge in [0.2, 0.25) is 0 Å². The number of rotatable bonds is 7. The van der Waals surface area contributed by atoms with E-state index in [1.165, 1.54) is 30.6 Å². The predicted octanol–water partition coefficient (Wildman–Crippen LogP) is 4.48. The summed E-state index contributed by atoms with van der Waals surface area (Å²) in [6, 6.07) is 5.95. The molecule has 0 saturated carbocycles. The van der Waals surface area contributed by atoms with Crippen molar-refractivity contribution in [1.29, 1.82) is 0 Å². The molecule has 1 aliphatic heterocycles. The third-order valence-corrected chi connectivity index (χ3v) is 5.19. The van der Waals surface area contributed by atoms with Crippen LogP contribution < -0.4 is 10.6 Å². The fourth-order valence-corrected chi connectivity index (χ4v) is 3.52. The molecule has 1 aromatic carbocycles. The van der Waals surface area contributed by atoms with Crippen LogP contribution in [0.5, 0.6) is 0 Å². The predicted molar refractivity (Wildman–Crippen MR) is 110 cm³/mol. The summed E-state index contributed by atoms with van der Waals surface area (Å²) < 4.78 is 29.1. The number of hydrogen-bond acceptors (Lipinski definition) is 5. The standard InChI is InChI=1S/C20H24ClF2N5/c1-3-17-18(24-2)25-13-26-19(17)27-16-8-10-28(11-9-16)12-20(22,23)14-4-6-15(21)7-5-14/h3-7,13,16H,1,8-12H2,2H3,(H2,24,25,26,27). The third-order valence-electron chi connectivity index (χ3n) is 4.94. The van der Waals surface area contributed by atoms with E-state index in [4.69, 9.17) is 11.6 Å². The van der Waals surface area contributed by atoms with Crippen molar-refractivity contribution in [2.24, 2.45) is 0 Å². The van der Waals surface area contributed by atoms with Crippen LogP contribution in [0.1, 0.15) is 24.0 Å². The summed E-state index contributed by atoms with van der Waals surface area (Å²) in [6.45, 7) is 4.71. The highest BCUT2D eigenvalue weighted by molar-refractivity contribution is 6.30. The van der Waals surface area contributed by atoms with Crippen molar-refractivity contribution in [2.75, 3.05) is 37.3 Å². The molecule has 0 spiro atoms. The summed E-state index contributed by atoms with van der Waals surface area (Å²) in [4.78, 5) is 10.3. The maximum atomic E-state index is 14.6. The van der Waals surface area contributed by atoms with E-state index < -0.39 is 5.92 Å². The fourth-order valence-electron chi connectivity index (χ4n) is 3.40. The molecule has 0 unspecified atom stereocenters. The van der Waals surface area contributed by atoms with E-state index in [1.807, 2.05) is 0 Å². The van der Waals surface area contributed by atoms with Crippen molar-refractivity contribution < 1.29 is 8.78 Å². The SMILES string of the molecule is C=Cc1c(NC)ncnc1NC1CCN(CC(F)(F)c2ccc(Cl)cc2)CC1. The molecule has 3 rings (SSSR count). The molecule has 5 nitrogen and oxygen atoms in total. The average Bonchev–Trinajstić information content (AvgIpc) is 2.69. The number of alkyl halides is 2. The lowest BCUT2D eigenvalue weighted by atomic mass is 10.0. The van der Waals surface area contributed by atoms with Crippen molar-refractivity contribution >= 4 is 29.3 Å². The largest absolute Gasteiger partial charge is 0.372 e. The number of nitrogens with one attached hydrogen (secondary N) is 2. The summed E-state index contributed by atoms with van der Waals surface area (Å²) in [5.74, 6) is -1.50. The Morgan fingerprint density at radius 1 is 1.21 bits per heavy atom. The van der Waals surface area contributed by atoms with Gasteiger partial charge in [-0.15, -0.1) is 0 Å². The Labute approximate surface area is 168 Å². The molecule has 1 fully saturated rings. The van der Waals surface area contributed by atoms with Gasteiger partial charge < -0.3 is 10.6 Å². The highest BCUT2D eigenvalue weighted by atomic mass is 35.5. The summed E-state index contributed by atoms with van der Waals surface area (Å²) in [5, 5.41) is 6.87. The number of nitrogens with zero attached hydrogens (tertiary/aromatic N) is 3. The second-order valence-corrected chi connectivity index (χ2v) is 7.28. The van der Waals surface area contributed by atoms with Crippen LogP contribution >= 0.6 is 11.6 Å². The molecule has 2 aromatic rings. The molecule has 0 radical (unpaired) electrons. The van der Waals surface area contributed by atoms with E-state index in [2.05, 4.69) is 27.2 Å². The average molecular weight is 408 g/mol. The molecule has 0 aliphatic carbocycles. The summed E-state index contributed by atoms with van der Waals surface area (Å²) in [6.07, 6.45) is 4.71. The molecule has 1 saturated heterocycles. The third kappa shape index (κ3) is 4.77. The Morgan fingerprint density at radius 2 is 1.86 bits per heavy atom. The maximum Gasteiger partial charge on any atom is 0.285 e. The number of halogens is 3. The van der Waals surface area contributed by atoms with E-state index >= 15 is 0 Å². The van der Waals surface area contributed by atoms with Gasteiger partial charge in [0.05, 0.1) is 12.1 Å². The highest BCUT2D eigenvalue weighted by Gasteiger charge is 2.35. The molecular weight excluding hydrogens is 384 g/mol. The van der Waals surface area contributed by atoms with Gasteiger partial charge in [0.1, 0.15) is 18.0 Å². The Kier molecular flexibility index (Phi) is 6.46. The second-order valence-electron chi connectivity index (χ2n) is 6.84. The molecule has 2 heterocycles. The molecule has 150 valence electrons. The van der Waals surface area contributed by atoms with Crippen molar-refractivity contribution in [3.63, 3.8) is 0 Å². The summed E-state index contributed by atoms with van der Waals surface area (Å²) >= 11 is 5.80. The zero-order chi connectivity index (χ0) is 20.1. The van der Waals surface area contributed by atoms with Gasteiger partial charge in [0.25, 0.3) is 5.92 Å². The Bertz CT molecular complexity index is 805. The number of benzene rings is 1. The first-order valence-electron chi connectivity index (χ1n) is 9.21. The molecule has 1 aliphatic rings. The zero-order valence-electron chi connectivity index (χ0n) is 15.8. The summed E-state index contributed by atoms with van der Waals surface area (Å²) in [5.41, 5.74) is 0.801. The van der Waals surface area contributed by atoms with Gasteiger partial charge in [0.15, 0.2) is 0 Å². The monoisotopic (exact) mass is 407 g/mol. The number of anilines is 2. The maximum absolute atomic E-state index is 14.6. The molecule has 0 atom stereocenters. The van der Waals surface area contributed by atoms with Crippen LogP contribution in [0.4, 0.5) is 20.4 Å². The van der Waals surface area contributed by atoms with E-state index in [0.717, 1.165) is 18.4 Å². The van der Waals surface area contributed by atoms with Gasteiger partial charge in [0, 0.05) is 36.8 Å². The lowest BCUT2D eigenvalue weighted by Crippen LogP contribution is -2.43. The van der Waals surface area contributed by atoms with Gasteiger partial charge >= 0.3 is 0 Å². The number of likely N-dealkylation sites (tertiary alicyclic amines) is 1. The molecule has 0 amide bonds. The zero-order valence-corrected chi connectivity index (χ0v) is 16.5. The first-order valence-corrected chi connectivity index (χ1v) is 9.58. The van der Waals surface area contributed by atoms with Crippen LogP contribution in [0.2, 0.25) is 5.02 Å². The first-order chi connectivity index (χ1) is 13.4. The van der Waals surface area contributed by atoms with Gasteiger partial charge in [-0.05, 0) is 25.0 Å². The van der Waals surface area contributed by atoms with Crippen molar-refractivity contribution in [3.8, 4) is 0 Å². The van der Waals surface area contributed by atoms with Crippen LogP contribution in [0.15, 0.2) is 37.2 Å². The lowest BCUT2D eigenvalue weighted by molar-refractivity contribution is -0.0421. The molecule has 2 N–H and O–H groups in total. The number of aromatic nitrogens is 2. The summed E-state index contributed by atoms with van der Waals surface area (Å²) in [7, 11) is 1.79. The topological polar surface area (TPSA) is 53.1 Å². The molecule has 0 bridgehead atoms. The van der Waals surface area contributed by atoms with Gasteiger partial charge in [-0.1, -0.05) is 36.4 Å². The Balaban J connectivity index is 1.58. The van der Waals surface area contributed by atoms with Crippen LogP contribution in [0.3, 0.4) is 0 Å². The highest BCUT2D eigenvalue weighted by Crippen LogP contribution is 2.31. The molecular formula is C20H24ClF2N5. The van der Waals surface area contributed by atoms with Crippen LogP contribution in [0.25, 0.3) is 6.08 Å². The smallest absolute Gasteiger partial charge is 0.285 e. The van der Waals surface area contributed by atoms with Crippen LogP contribution in [-0.4, -0.2) is 47.6 Å². The lowest BCUT2D eigenvalue weighted by Gasteiger charge is -2.34. The molecule has 1 aromatic heterocycles. The van der Waals surface area contributed by atoms with Gasteiger partial charge in [-0.3, -0.25) is 4.90 Å². The first kappa shape index (κ1) is 20.5. The van der Waals surface area contributed by atoms with E-state index in [9.17, 15) is 8.78 Å². The number of hydrogen-bond donors (Lipinski definition) is 2. The molecule has 28 heavy (non-hydrogen) atoms. The van der Waals surface area contributed by atoms with Crippen molar-refractivity contribution in [1.82, 2.24) is 14.9 Å². The minimum atomic E-state index is -2.91. The normalized spacial score (nSPS) is 16.0. The minimum Gasteiger partial charge on any atom is -0.372 e. The molecule has 8 heteroatoms. The fraction of sp³-hybridized carbons (Fsp3) is 0.400. The minimum absolute atomic E-state index is 0.00615. The van der Waals surface area contributed by atoms with Crippen LogP contribution in [0, 0.1) is 0 Å². The van der Waals surface area contributed by atoms with Crippen molar-refractivity contribution in [2.45, 2.75) is 24.8 Å². The Hall–Kier alpha value is -2.25. The second kappa shape index (κ2) is 8.84. The van der Waals surface area contributed by atoms with E-state index in [-0.39, 0.29) is 18.2 Å². The number of piperidine rings is 1. The Morgan fingerprint density at radius 3 is 2.46 bits per heavy atom. The van der Waals surface area contributed by atoms with Gasteiger partial charge in [-0.2, -0.15) is 8.78 Å². The van der Waals surface area contributed by atoms with Crippen molar-refractivity contribution in [3.05, 3.63) is 53.3 Å². The van der Waals surface area contributed by atoms with Crippen LogP contribution in [-0.2, 0) is 5.92 Å². The van der Waals surface area contributed by atoms with E-state index in [0.29, 0.717) is 29.7 Å². The van der Waals surface area contributed by atoms with Gasteiger partial charge in [-0.25, -0.2) is 9.97 Å². The van der Waals surface area contributed by atoms with E-state index in [1.54, 1.807) is 18.0 Å².